The number of hydrogen-bond acceptors (Lipinski definition) is 2. The maximum absolute atomic E-state index is 12.5. The molecule has 2 heterocycles. The van der Waals surface area contributed by atoms with Gasteiger partial charge in [0.25, 0.3) is 0 Å². The SMILES string of the molecule is Fc1[c]sc2c[c]sc12. The molecule has 0 aliphatic rings. The summed E-state index contributed by atoms with van der Waals surface area (Å²) in [4.78, 5) is 0. The molecule has 0 N–H and O–H groups in total. The first-order valence-corrected chi connectivity index (χ1v) is 3.97. The summed E-state index contributed by atoms with van der Waals surface area (Å²) in [6, 6.07) is 1.78. The van der Waals surface area contributed by atoms with Crippen LogP contribution in [0, 0.1) is 16.6 Å². The van der Waals surface area contributed by atoms with Crippen LogP contribution in [0.3, 0.4) is 0 Å². The maximum atomic E-state index is 12.5. The van der Waals surface area contributed by atoms with Crippen molar-refractivity contribution in [2.24, 2.45) is 0 Å². The molecule has 0 fully saturated rings. The van der Waals surface area contributed by atoms with E-state index in [1.54, 1.807) is 6.07 Å². The molecule has 0 unspecified atom stereocenters. The fraction of sp³-hybridized carbons (Fsp3) is 0. The number of hydrogen-bond donors (Lipinski definition) is 0. The Morgan fingerprint density at radius 2 is 2.33 bits per heavy atom. The van der Waals surface area contributed by atoms with Crippen molar-refractivity contribution in [3.8, 4) is 0 Å². The first kappa shape index (κ1) is 5.38. The molecule has 0 atom stereocenters. The van der Waals surface area contributed by atoms with Crippen molar-refractivity contribution in [3.05, 3.63) is 22.6 Å². The zero-order chi connectivity index (χ0) is 6.27. The minimum Gasteiger partial charge on any atom is -0.204 e. The van der Waals surface area contributed by atoms with Crippen molar-refractivity contribution >= 4 is 32.1 Å². The molecule has 0 bridgehead atoms. The lowest BCUT2D eigenvalue weighted by atomic mass is 10.5. The van der Waals surface area contributed by atoms with Crippen LogP contribution >= 0.6 is 22.7 Å². The van der Waals surface area contributed by atoms with E-state index in [1.165, 1.54) is 22.7 Å². The highest BCUT2D eigenvalue weighted by Crippen LogP contribution is 2.27. The van der Waals surface area contributed by atoms with Gasteiger partial charge in [-0.2, -0.15) is 0 Å². The van der Waals surface area contributed by atoms with Gasteiger partial charge in [-0.1, -0.05) is 0 Å². The van der Waals surface area contributed by atoms with Crippen molar-refractivity contribution < 1.29 is 4.39 Å². The van der Waals surface area contributed by atoms with Crippen LogP contribution in [-0.2, 0) is 0 Å². The van der Waals surface area contributed by atoms with Crippen LogP contribution in [0.1, 0.15) is 0 Å². The number of rotatable bonds is 0. The van der Waals surface area contributed by atoms with Crippen LogP contribution in [0.25, 0.3) is 9.40 Å². The molecule has 0 saturated heterocycles. The van der Waals surface area contributed by atoms with E-state index < -0.39 is 0 Å². The molecule has 2 rings (SSSR count). The monoisotopic (exact) mass is 156 g/mol. The Morgan fingerprint density at radius 3 is 3.11 bits per heavy atom. The molecule has 0 saturated carbocycles. The average molecular weight is 156 g/mol. The Labute approximate surface area is 59.6 Å². The van der Waals surface area contributed by atoms with Crippen molar-refractivity contribution in [3.63, 3.8) is 0 Å². The molecule has 3 heteroatoms. The molecule has 0 spiro atoms. The molecule has 0 nitrogen and oxygen atoms in total. The standard InChI is InChI=1S/C6HFS2/c7-4-3-9-5-1-2-8-6(4)5/h1H. The van der Waals surface area contributed by atoms with E-state index in [1.807, 2.05) is 0 Å². The lowest BCUT2D eigenvalue weighted by Gasteiger charge is -1.70. The highest BCUT2D eigenvalue weighted by Gasteiger charge is 2.02. The van der Waals surface area contributed by atoms with Crippen molar-refractivity contribution in [1.29, 1.82) is 0 Å². The highest BCUT2D eigenvalue weighted by molar-refractivity contribution is 7.25. The highest BCUT2D eigenvalue weighted by atomic mass is 32.1. The molecule has 9 heavy (non-hydrogen) atoms. The van der Waals surface area contributed by atoms with Crippen LogP contribution in [0.2, 0.25) is 0 Å². The minimum atomic E-state index is -0.235. The van der Waals surface area contributed by atoms with Gasteiger partial charge in [-0.15, -0.1) is 22.7 Å². The molecule has 2 aromatic heterocycles. The Morgan fingerprint density at radius 1 is 1.44 bits per heavy atom. The van der Waals surface area contributed by atoms with E-state index in [9.17, 15) is 4.39 Å². The summed E-state index contributed by atoms with van der Waals surface area (Å²) in [6.45, 7) is 0. The zero-order valence-electron chi connectivity index (χ0n) is 4.27. The summed E-state index contributed by atoms with van der Waals surface area (Å²) in [7, 11) is 0. The molecule has 2 aromatic rings. The summed E-state index contributed by atoms with van der Waals surface area (Å²) in [5, 5.41) is 5.37. The van der Waals surface area contributed by atoms with Gasteiger partial charge in [0.2, 0.25) is 0 Å². The van der Waals surface area contributed by atoms with Gasteiger partial charge in [-0.3, -0.25) is 0 Å². The molecule has 0 amide bonds. The fourth-order valence-corrected chi connectivity index (χ4v) is 2.22. The number of fused-ring (bicyclic) bond motifs is 1. The van der Waals surface area contributed by atoms with E-state index in [0.29, 0.717) is 4.70 Å². The Kier molecular flexibility index (Phi) is 1.07. The molecule has 2 radical (unpaired) electrons. The van der Waals surface area contributed by atoms with Gasteiger partial charge in [0.05, 0.1) is 10.1 Å². The summed E-state index contributed by atoms with van der Waals surface area (Å²) < 4.78 is 14.1. The molecule has 44 valence electrons. The van der Waals surface area contributed by atoms with E-state index >= 15 is 0 Å². The van der Waals surface area contributed by atoms with Gasteiger partial charge in [-0.25, -0.2) is 4.39 Å². The summed E-state index contributed by atoms with van der Waals surface area (Å²) in [5.41, 5.74) is 0. The predicted molar refractivity (Wildman–Crippen MR) is 37.3 cm³/mol. The summed E-state index contributed by atoms with van der Waals surface area (Å²) in [6.07, 6.45) is 0. The summed E-state index contributed by atoms with van der Waals surface area (Å²) >= 11 is 2.60. The zero-order valence-corrected chi connectivity index (χ0v) is 5.90. The fourth-order valence-electron chi connectivity index (χ4n) is 0.633. The topological polar surface area (TPSA) is 0 Å². The first-order valence-electron chi connectivity index (χ1n) is 2.33. The average Bonchev–Trinajstić information content (AvgIpc) is 2.35. The van der Waals surface area contributed by atoms with Crippen molar-refractivity contribution in [1.82, 2.24) is 0 Å². The third kappa shape index (κ3) is 0.686. The van der Waals surface area contributed by atoms with Crippen LogP contribution < -0.4 is 0 Å². The van der Waals surface area contributed by atoms with Gasteiger partial charge in [0.15, 0.2) is 5.82 Å². The lowest BCUT2D eigenvalue weighted by Crippen LogP contribution is -1.55. The van der Waals surface area contributed by atoms with Gasteiger partial charge < -0.3 is 0 Å². The molecule has 0 aliphatic carbocycles. The van der Waals surface area contributed by atoms with Crippen molar-refractivity contribution in [2.45, 2.75) is 0 Å². The largest absolute Gasteiger partial charge is 0.204 e. The second kappa shape index (κ2) is 1.78. The first-order chi connectivity index (χ1) is 4.38. The smallest absolute Gasteiger partial charge is 0.160 e. The second-order valence-corrected chi connectivity index (χ2v) is 3.27. The molecule has 0 aromatic carbocycles. The van der Waals surface area contributed by atoms with Gasteiger partial charge >= 0.3 is 0 Å². The molecular weight excluding hydrogens is 155 g/mol. The second-order valence-electron chi connectivity index (χ2n) is 1.58. The Bertz CT molecular complexity index is 320. The number of halogens is 1. The van der Waals surface area contributed by atoms with Gasteiger partial charge in [0, 0.05) is 10.1 Å². The lowest BCUT2D eigenvalue weighted by molar-refractivity contribution is 0.644. The van der Waals surface area contributed by atoms with Crippen molar-refractivity contribution in [2.75, 3.05) is 0 Å². The Balaban J connectivity index is 2.99. The van der Waals surface area contributed by atoms with E-state index in [-0.39, 0.29) is 5.82 Å². The van der Waals surface area contributed by atoms with Crippen LogP contribution in [0.15, 0.2) is 6.07 Å². The van der Waals surface area contributed by atoms with Gasteiger partial charge in [-0.05, 0) is 6.07 Å². The van der Waals surface area contributed by atoms with Crippen LogP contribution in [-0.4, -0.2) is 0 Å². The quantitative estimate of drug-likeness (QED) is 0.550. The molecule has 0 aliphatic heterocycles. The van der Waals surface area contributed by atoms with E-state index in [2.05, 4.69) is 10.8 Å². The predicted octanol–water partition coefficient (Wildman–Crippen LogP) is 2.70. The third-order valence-electron chi connectivity index (χ3n) is 1.02. The van der Waals surface area contributed by atoms with E-state index in [4.69, 9.17) is 0 Å². The van der Waals surface area contributed by atoms with Crippen LogP contribution in [0.5, 0.6) is 0 Å². The maximum Gasteiger partial charge on any atom is 0.160 e. The van der Waals surface area contributed by atoms with Crippen LogP contribution in [0.4, 0.5) is 4.39 Å². The Hall–Kier alpha value is -0.410. The summed E-state index contributed by atoms with van der Waals surface area (Å²) in [5.74, 6) is -0.235. The number of thiophene rings is 2. The third-order valence-corrected chi connectivity index (χ3v) is 2.82. The van der Waals surface area contributed by atoms with E-state index in [0.717, 1.165) is 4.70 Å². The van der Waals surface area contributed by atoms with Gasteiger partial charge in [0.1, 0.15) is 0 Å². The molecular formula is C6HFS2. The minimum absolute atomic E-state index is 0.235. The normalized spacial score (nSPS) is 10.8.